The summed E-state index contributed by atoms with van der Waals surface area (Å²) in [6.07, 6.45) is -4.34. The molecule has 0 saturated carbocycles. The second kappa shape index (κ2) is 5.07. The monoisotopic (exact) mass is 270 g/mol. The second-order valence-electron chi connectivity index (χ2n) is 4.17. The molecule has 0 aliphatic carbocycles. The first-order valence-electron chi connectivity index (χ1n) is 5.61. The van der Waals surface area contributed by atoms with Crippen molar-refractivity contribution in [2.24, 2.45) is 5.84 Å². The molecule has 0 saturated heterocycles. The zero-order valence-electron chi connectivity index (χ0n) is 10.2. The topological polar surface area (TPSA) is 51.2 Å². The van der Waals surface area contributed by atoms with Crippen LogP contribution in [0.15, 0.2) is 40.8 Å². The van der Waals surface area contributed by atoms with Crippen LogP contribution in [0.4, 0.5) is 13.2 Å². The second-order valence-corrected chi connectivity index (χ2v) is 4.17. The number of aryl methyl sites for hydroxylation is 1. The van der Waals surface area contributed by atoms with Gasteiger partial charge in [0.05, 0.1) is 5.56 Å². The highest BCUT2D eigenvalue weighted by Gasteiger charge is 2.30. The summed E-state index contributed by atoms with van der Waals surface area (Å²) in [5.41, 5.74) is 2.44. The molecule has 1 atom stereocenters. The molecule has 0 fully saturated rings. The van der Waals surface area contributed by atoms with Crippen molar-refractivity contribution >= 4 is 0 Å². The summed E-state index contributed by atoms with van der Waals surface area (Å²) in [4.78, 5) is 0. The van der Waals surface area contributed by atoms with Crippen LogP contribution in [0.5, 0.6) is 0 Å². The predicted octanol–water partition coefficient (Wildman–Crippen LogP) is 3.16. The Morgan fingerprint density at radius 2 is 1.74 bits per heavy atom. The van der Waals surface area contributed by atoms with E-state index in [1.54, 1.807) is 19.1 Å². The Balaban J connectivity index is 2.30. The van der Waals surface area contributed by atoms with Crippen molar-refractivity contribution in [3.05, 3.63) is 59.0 Å². The molecule has 0 spiro atoms. The zero-order valence-corrected chi connectivity index (χ0v) is 10.2. The van der Waals surface area contributed by atoms with E-state index >= 15 is 0 Å². The summed E-state index contributed by atoms with van der Waals surface area (Å²) < 4.78 is 42.8. The molecule has 3 nitrogen and oxygen atoms in total. The summed E-state index contributed by atoms with van der Waals surface area (Å²) in [7, 11) is 0. The third-order valence-corrected chi connectivity index (χ3v) is 2.78. The highest BCUT2D eigenvalue weighted by molar-refractivity contribution is 5.31. The molecule has 1 heterocycles. The summed E-state index contributed by atoms with van der Waals surface area (Å²) in [5, 5.41) is 0. The van der Waals surface area contributed by atoms with Crippen LogP contribution in [0.1, 0.15) is 28.7 Å². The first-order chi connectivity index (χ1) is 8.91. The molecule has 2 aromatic rings. The van der Waals surface area contributed by atoms with E-state index in [9.17, 15) is 13.2 Å². The average molecular weight is 270 g/mol. The molecule has 1 unspecified atom stereocenters. The number of furan rings is 1. The summed E-state index contributed by atoms with van der Waals surface area (Å²) in [6, 6.07) is 7.83. The quantitative estimate of drug-likeness (QED) is 0.665. The van der Waals surface area contributed by atoms with E-state index in [0.29, 0.717) is 17.1 Å². The predicted molar refractivity (Wildman–Crippen MR) is 64.1 cm³/mol. The number of alkyl halides is 3. The molecule has 0 aliphatic rings. The van der Waals surface area contributed by atoms with Crippen LogP contribution in [0.2, 0.25) is 0 Å². The van der Waals surface area contributed by atoms with Gasteiger partial charge in [0.25, 0.3) is 0 Å². The van der Waals surface area contributed by atoms with Gasteiger partial charge in [0, 0.05) is 0 Å². The van der Waals surface area contributed by atoms with Crippen LogP contribution in [0.3, 0.4) is 0 Å². The van der Waals surface area contributed by atoms with Crippen molar-refractivity contribution < 1.29 is 17.6 Å². The Hall–Kier alpha value is -1.79. The molecule has 0 radical (unpaired) electrons. The Bertz CT molecular complexity index is 546. The minimum Gasteiger partial charge on any atom is -0.464 e. The summed E-state index contributed by atoms with van der Waals surface area (Å²) in [6.45, 7) is 1.78. The average Bonchev–Trinajstić information content (AvgIpc) is 2.76. The fourth-order valence-corrected chi connectivity index (χ4v) is 1.82. The molecular formula is C13H13F3N2O. The van der Waals surface area contributed by atoms with Gasteiger partial charge in [-0.1, -0.05) is 12.1 Å². The smallest absolute Gasteiger partial charge is 0.416 e. The fraction of sp³-hybridized carbons (Fsp3) is 0.231. The van der Waals surface area contributed by atoms with Gasteiger partial charge in [-0.2, -0.15) is 13.2 Å². The molecule has 2 rings (SSSR count). The van der Waals surface area contributed by atoms with Crippen molar-refractivity contribution in [2.75, 3.05) is 0 Å². The lowest BCUT2D eigenvalue weighted by Gasteiger charge is -2.15. The van der Waals surface area contributed by atoms with Crippen LogP contribution < -0.4 is 11.3 Å². The van der Waals surface area contributed by atoms with Crippen LogP contribution in [0.25, 0.3) is 0 Å². The first kappa shape index (κ1) is 13.6. The van der Waals surface area contributed by atoms with Gasteiger partial charge in [-0.15, -0.1) is 0 Å². The number of nitrogens with two attached hydrogens (primary N) is 1. The molecule has 19 heavy (non-hydrogen) atoms. The number of hydrogen-bond acceptors (Lipinski definition) is 3. The van der Waals surface area contributed by atoms with Crippen molar-refractivity contribution in [2.45, 2.75) is 19.1 Å². The van der Waals surface area contributed by atoms with E-state index in [-0.39, 0.29) is 0 Å². The Labute approximate surface area is 108 Å². The third kappa shape index (κ3) is 2.97. The van der Waals surface area contributed by atoms with Gasteiger partial charge in [0.15, 0.2) is 0 Å². The van der Waals surface area contributed by atoms with Crippen molar-refractivity contribution in [3.63, 3.8) is 0 Å². The number of benzene rings is 1. The Morgan fingerprint density at radius 3 is 2.16 bits per heavy atom. The van der Waals surface area contributed by atoms with Crippen molar-refractivity contribution in [1.82, 2.24) is 5.43 Å². The van der Waals surface area contributed by atoms with Gasteiger partial charge in [-0.05, 0) is 36.8 Å². The van der Waals surface area contributed by atoms with E-state index in [2.05, 4.69) is 5.43 Å². The fourth-order valence-electron chi connectivity index (χ4n) is 1.82. The van der Waals surface area contributed by atoms with Crippen molar-refractivity contribution in [1.29, 1.82) is 0 Å². The maximum Gasteiger partial charge on any atom is 0.416 e. The zero-order chi connectivity index (χ0) is 14.0. The normalized spacial score (nSPS) is 13.5. The van der Waals surface area contributed by atoms with Gasteiger partial charge in [0.2, 0.25) is 0 Å². The maximum atomic E-state index is 12.5. The van der Waals surface area contributed by atoms with Crippen molar-refractivity contribution in [3.8, 4) is 0 Å². The van der Waals surface area contributed by atoms with E-state index in [4.69, 9.17) is 10.3 Å². The van der Waals surface area contributed by atoms with Gasteiger partial charge in [0.1, 0.15) is 17.6 Å². The van der Waals surface area contributed by atoms with Gasteiger partial charge in [-0.25, -0.2) is 5.43 Å². The number of hydrazine groups is 1. The maximum absolute atomic E-state index is 12.5. The highest BCUT2D eigenvalue weighted by atomic mass is 19.4. The van der Waals surface area contributed by atoms with E-state index < -0.39 is 17.8 Å². The minimum absolute atomic E-state index is 0.476. The van der Waals surface area contributed by atoms with E-state index in [1.165, 1.54) is 12.1 Å². The summed E-state index contributed by atoms with van der Waals surface area (Å²) in [5.74, 6) is 6.70. The number of halogens is 3. The molecule has 0 amide bonds. The molecular weight excluding hydrogens is 257 g/mol. The molecule has 3 N–H and O–H groups in total. The van der Waals surface area contributed by atoms with Gasteiger partial charge < -0.3 is 4.42 Å². The Kier molecular flexibility index (Phi) is 3.64. The lowest BCUT2D eigenvalue weighted by molar-refractivity contribution is -0.137. The number of hydrogen-bond donors (Lipinski definition) is 2. The SMILES string of the molecule is Cc1ccc(C(NN)c2ccc(C(F)(F)F)cc2)o1. The minimum atomic E-state index is -4.34. The van der Waals surface area contributed by atoms with Gasteiger partial charge >= 0.3 is 6.18 Å². The molecule has 6 heteroatoms. The highest BCUT2D eigenvalue weighted by Crippen LogP contribution is 2.31. The van der Waals surface area contributed by atoms with Gasteiger partial charge in [-0.3, -0.25) is 5.84 Å². The van der Waals surface area contributed by atoms with E-state index in [0.717, 1.165) is 12.1 Å². The lowest BCUT2D eigenvalue weighted by Crippen LogP contribution is -2.28. The van der Waals surface area contributed by atoms with Crippen LogP contribution in [0, 0.1) is 6.92 Å². The molecule has 1 aromatic heterocycles. The first-order valence-corrected chi connectivity index (χ1v) is 5.61. The van der Waals surface area contributed by atoms with Crippen LogP contribution in [-0.2, 0) is 6.18 Å². The van der Waals surface area contributed by atoms with Crippen LogP contribution >= 0.6 is 0 Å². The summed E-state index contributed by atoms with van der Waals surface area (Å²) >= 11 is 0. The third-order valence-electron chi connectivity index (χ3n) is 2.78. The number of nitrogens with one attached hydrogen (secondary N) is 1. The van der Waals surface area contributed by atoms with Crippen LogP contribution in [-0.4, -0.2) is 0 Å². The van der Waals surface area contributed by atoms with E-state index in [1.807, 2.05) is 0 Å². The molecule has 102 valence electrons. The molecule has 0 bridgehead atoms. The number of rotatable bonds is 3. The molecule has 1 aromatic carbocycles. The lowest BCUT2D eigenvalue weighted by atomic mass is 10.0. The largest absolute Gasteiger partial charge is 0.464 e. The Morgan fingerprint density at radius 1 is 1.11 bits per heavy atom. The molecule has 0 aliphatic heterocycles. The standard InChI is InChI=1S/C13H13F3N2O/c1-8-2-7-11(19-8)12(18-17)9-3-5-10(6-4-9)13(14,15)16/h2-7,12,18H,17H2,1H3.